The third-order valence-corrected chi connectivity index (χ3v) is 3.52. The van der Waals surface area contributed by atoms with Crippen LogP contribution >= 0.6 is 0 Å². The van der Waals surface area contributed by atoms with E-state index in [-0.39, 0.29) is 0 Å². The van der Waals surface area contributed by atoms with Gasteiger partial charge in [0.15, 0.2) is 0 Å². The van der Waals surface area contributed by atoms with E-state index in [1.807, 2.05) is 0 Å². The van der Waals surface area contributed by atoms with Crippen LogP contribution in [0.3, 0.4) is 0 Å². The number of hydrogen-bond donors (Lipinski definition) is 1. The van der Waals surface area contributed by atoms with Gasteiger partial charge in [-0.1, -0.05) is 38.5 Å². The van der Waals surface area contributed by atoms with E-state index in [4.69, 9.17) is 0 Å². The van der Waals surface area contributed by atoms with Crippen LogP contribution in [0.2, 0.25) is 0 Å². The van der Waals surface area contributed by atoms with Crippen LogP contribution in [0, 0.1) is 5.92 Å². The Morgan fingerprint density at radius 2 is 1.69 bits per heavy atom. The highest BCUT2D eigenvalue weighted by molar-refractivity contribution is 4.80. The molecule has 0 atom stereocenters. The molecule has 0 radical (unpaired) electrons. The molecule has 0 amide bonds. The number of rotatable bonds is 6. The molecule has 2 aliphatic rings. The van der Waals surface area contributed by atoms with E-state index in [1.54, 1.807) is 0 Å². The summed E-state index contributed by atoms with van der Waals surface area (Å²) in [6, 6.07) is 0.909. The van der Waals surface area contributed by atoms with Crippen LogP contribution in [0.1, 0.15) is 57.8 Å². The van der Waals surface area contributed by atoms with Gasteiger partial charge in [-0.2, -0.15) is 0 Å². The zero-order valence-electron chi connectivity index (χ0n) is 8.73. The van der Waals surface area contributed by atoms with E-state index in [1.165, 1.54) is 64.3 Å². The number of nitrogens with one attached hydrogen (secondary N) is 1. The molecule has 0 saturated heterocycles. The molecule has 2 rings (SSSR count). The molecule has 0 bridgehead atoms. The minimum Gasteiger partial charge on any atom is -0.314 e. The summed E-state index contributed by atoms with van der Waals surface area (Å²) in [7, 11) is 0. The van der Waals surface area contributed by atoms with Crippen molar-refractivity contribution >= 4 is 0 Å². The molecular weight excluding hydrogens is 158 g/mol. The molecule has 1 heteroatoms. The van der Waals surface area contributed by atoms with Crippen molar-refractivity contribution in [1.82, 2.24) is 5.32 Å². The molecule has 0 spiro atoms. The molecule has 0 aromatic heterocycles. The SMILES string of the molecule is C(CCC1CCCC1)CNC1CC1. The predicted octanol–water partition coefficient (Wildman–Crippen LogP) is 3.10. The average molecular weight is 181 g/mol. The topological polar surface area (TPSA) is 12.0 Å². The van der Waals surface area contributed by atoms with Crippen molar-refractivity contribution in [2.24, 2.45) is 5.92 Å². The molecule has 2 aliphatic carbocycles. The van der Waals surface area contributed by atoms with E-state index >= 15 is 0 Å². The molecule has 13 heavy (non-hydrogen) atoms. The van der Waals surface area contributed by atoms with Gasteiger partial charge in [0.2, 0.25) is 0 Å². The minimum atomic E-state index is 0.909. The van der Waals surface area contributed by atoms with Crippen LogP contribution in [0.25, 0.3) is 0 Å². The Morgan fingerprint density at radius 3 is 2.38 bits per heavy atom. The number of hydrogen-bond acceptors (Lipinski definition) is 1. The maximum absolute atomic E-state index is 3.58. The summed E-state index contributed by atoms with van der Waals surface area (Å²) < 4.78 is 0. The first-order valence-electron chi connectivity index (χ1n) is 6.18. The lowest BCUT2D eigenvalue weighted by Gasteiger charge is -2.08. The third kappa shape index (κ3) is 3.68. The minimum absolute atomic E-state index is 0.909. The lowest BCUT2D eigenvalue weighted by atomic mass is 10.0. The highest BCUT2D eigenvalue weighted by atomic mass is 14.9. The van der Waals surface area contributed by atoms with Crippen LogP contribution in [0.15, 0.2) is 0 Å². The summed E-state index contributed by atoms with van der Waals surface area (Å²) in [5, 5.41) is 3.58. The van der Waals surface area contributed by atoms with Gasteiger partial charge in [0.1, 0.15) is 0 Å². The monoisotopic (exact) mass is 181 g/mol. The van der Waals surface area contributed by atoms with Crippen molar-refractivity contribution in [2.75, 3.05) is 6.54 Å². The van der Waals surface area contributed by atoms with E-state index in [0.29, 0.717) is 0 Å². The van der Waals surface area contributed by atoms with Crippen LogP contribution in [-0.4, -0.2) is 12.6 Å². The van der Waals surface area contributed by atoms with Gasteiger partial charge in [0, 0.05) is 6.04 Å². The first-order valence-corrected chi connectivity index (χ1v) is 6.18. The molecule has 0 aliphatic heterocycles. The zero-order chi connectivity index (χ0) is 8.93. The summed E-state index contributed by atoms with van der Waals surface area (Å²) >= 11 is 0. The summed E-state index contributed by atoms with van der Waals surface area (Å²) in [5.74, 6) is 1.10. The molecule has 2 fully saturated rings. The quantitative estimate of drug-likeness (QED) is 0.621. The van der Waals surface area contributed by atoms with Gasteiger partial charge < -0.3 is 5.32 Å². The molecule has 1 nitrogen and oxygen atoms in total. The Morgan fingerprint density at radius 1 is 0.923 bits per heavy atom. The maximum atomic E-state index is 3.58. The van der Waals surface area contributed by atoms with E-state index < -0.39 is 0 Å². The number of unbranched alkanes of at least 4 members (excludes halogenated alkanes) is 1. The van der Waals surface area contributed by atoms with Crippen molar-refractivity contribution in [2.45, 2.75) is 63.8 Å². The molecular formula is C12H23N. The van der Waals surface area contributed by atoms with Gasteiger partial charge in [-0.25, -0.2) is 0 Å². The van der Waals surface area contributed by atoms with Gasteiger partial charge >= 0.3 is 0 Å². The Hall–Kier alpha value is -0.0400. The second-order valence-corrected chi connectivity index (χ2v) is 4.87. The predicted molar refractivity (Wildman–Crippen MR) is 56.8 cm³/mol. The van der Waals surface area contributed by atoms with Gasteiger partial charge in [0.05, 0.1) is 0 Å². The summed E-state index contributed by atoms with van der Waals surface area (Å²) in [6.45, 7) is 1.28. The molecule has 0 aromatic rings. The summed E-state index contributed by atoms with van der Waals surface area (Å²) in [4.78, 5) is 0. The Bertz CT molecular complexity index is 134. The van der Waals surface area contributed by atoms with E-state index in [2.05, 4.69) is 5.32 Å². The smallest absolute Gasteiger partial charge is 0.00682 e. The third-order valence-electron chi connectivity index (χ3n) is 3.52. The first kappa shape index (κ1) is 9.51. The van der Waals surface area contributed by atoms with Gasteiger partial charge in [-0.3, -0.25) is 0 Å². The van der Waals surface area contributed by atoms with E-state index in [0.717, 1.165) is 12.0 Å². The molecule has 0 unspecified atom stereocenters. The fraction of sp³-hybridized carbons (Fsp3) is 1.00. The molecule has 76 valence electrons. The van der Waals surface area contributed by atoms with Gasteiger partial charge in [0.25, 0.3) is 0 Å². The second kappa shape index (κ2) is 4.99. The zero-order valence-corrected chi connectivity index (χ0v) is 8.73. The summed E-state index contributed by atoms with van der Waals surface area (Å²) in [6.07, 6.45) is 13.3. The average Bonchev–Trinajstić information content (AvgIpc) is 2.81. The second-order valence-electron chi connectivity index (χ2n) is 4.87. The first-order chi connectivity index (χ1) is 6.45. The van der Waals surface area contributed by atoms with Crippen molar-refractivity contribution < 1.29 is 0 Å². The summed E-state index contributed by atoms with van der Waals surface area (Å²) in [5.41, 5.74) is 0. The Kier molecular flexibility index (Phi) is 3.65. The largest absolute Gasteiger partial charge is 0.314 e. The standard InChI is InChI=1S/C12H23N/c1-2-6-11(5-1)7-3-4-10-13-12-8-9-12/h11-13H,1-10H2. The van der Waals surface area contributed by atoms with Crippen molar-refractivity contribution in [3.05, 3.63) is 0 Å². The lowest BCUT2D eigenvalue weighted by Crippen LogP contribution is -2.17. The van der Waals surface area contributed by atoms with Gasteiger partial charge in [-0.15, -0.1) is 0 Å². The Balaban J connectivity index is 1.39. The van der Waals surface area contributed by atoms with Crippen LogP contribution < -0.4 is 5.32 Å². The maximum Gasteiger partial charge on any atom is 0.00682 e. The van der Waals surface area contributed by atoms with Crippen molar-refractivity contribution in [3.8, 4) is 0 Å². The normalized spacial score (nSPS) is 24.0. The van der Waals surface area contributed by atoms with E-state index in [9.17, 15) is 0 Å². The fourth-order valence-corrected chi connectivity index (χ4v) is 2.45. The Labute approximate surface area is 82.3 Å². The van der Waals surface area contributed by atoms with Crippen LogP contribution in [0.4, 0.5) is 0 Å². The molecule has 0 heterocycles. The highest BCUT2D eigenvalue weighted by Gasteiger charge is 2.19. The molecule has 0 aromatic carbocycles. The lowest BCUT2D eigenvalue weighted by molar-refractivity contribution is 0.466. The molecule has 1 N–H and O–H groups in total. The van der Waals surface area contributed by atoms with Gasteiger partial charge in [-0.05, 0) is 31.7 Å². The highest BCUT2D eigenvalue weighted by Crippen LogP contribution is 2.28. The molecule has 2 saturated carbocycles. The van der Waals surface area contributed by atoms with Crippen LogP contribution in [0.5, 0.6) is 0 Å². The van der Waals surface area contributed by atoms with Crippen molar-refractivity contribution in [3.63, 3.8) is 0 Å². The van der Waals surface area contributed by atoms with Crippen LogP contribution in [-0.2, 0) is 0 Å². The fourth-order valence-electron chi connectivity index (χ4n) is 2.45. The van der Waals surface area contributed by atoms with Crippen molar-refractivity contribution in [1.29, 1.82) is 0 Å².